The summed E-state index contributed by atoms with van der Waals surface area (Å²) in [5, 5.41) is 11.7. The van der Waals surface area contributed by atoms with Crippen LogP contribution in [0.4, 0.5) is 14.9 Å². The minimum atomic E-state index is -0.384. The first-order valence-electron chi connectivity index (χ1n) is 15.1. The summed E-state index contributed by atoms with van der Waals surface area (Å²) in [6, 6.07) is 17.2. The highest BCUT2D eigenvalue weighted by Crippen LogP contribution is 2.51. The van der Waals surface area contributed by atoms with Gasteiger partial charge in [-0.1, -0.05) is 12.1 Å². The van der Waals surface area contributed by atoms with Crippen LogP contribution in [0.1, 0.15) is 43.2 Å². The highest BCUT2D eigenvalue weighted by atomic mass is 19.1. The molecule has 1 amide bonds. The quantitative estimate of drug-likeness (QED) is 0.471. The Kier molecular flexibility index (Phi) is 9.16. The Labute approximate surface area is 244 Å². The third-order valence-electron chi connectivity index (χ3n) is 9.67. The van der Waals surface area contributed by atoms with Gasteiger partial charge in [-0.2, -0.15) is 5.26 Å². The van der Waals surface area contributed by atoms with E-state index in [1.54, 1.807) is 13.1 Å². The summed E-state index contributed by atoms with van der Waals surface area (Å²) < 4.78 is 20.7. The van der Waals surface area contributed by atoms with E-state index in [1.165, 1.54) is 11.8 Å². The minimum Gasteiger partial charge on any atom is -0.446 e. The van der Waals surface area contributed by atoms with Crippen LogP contribution < -0.4 is 10.2 Å². The van der Waals surface area contributed by atoms with Crippen molar-refractivity contribution in [1.82, 2.24) is 15.1 Å². The third kappa shape index (κ3) is 6.37. The first-order valence-corrected chi connectivity index (χ1v) is 15.1. The van der Waals surface area contributed by atoms with Crippen molar-refractivity contribution in [1.29, 1.82) is 5.26 Å². The molecule has 2 heterocycles. The van der Waals surface area contributed by atoms with Crippen molar-refractivity contribution in [2.24, 2.45) is 17.8 Å². The number of nitriles is 1. The lowest BCUT2D eigenvalue weighted by molar-refractivity contribution is -0.000812. The number of nitrogens with zero attached hydrogens (tertiary/aromatic N) is 4. The summed E-state index contributed by atoms with van der Waals surface area (Å²) in [6.45, 7) is 6.01. The number of halogens is 1. The number of hydrogen-bond acceptors (Lipinski definition) is 6. The normalized spacial score (nSPS) is 23.6. The van der Waals surface area contributed by atoms with Gasteiger partial charge in [0.25, 0.3) is 0 Å². The monoisotopic (exact) mass is 561 g/mol. The van der Waals surface area contributed by atoms with E-state index in [1.807, 2.05) is 30.3 Å². The van der Waals surface area contributed by atoms with E-state index in [0.29, 0.717) is 17.4 Å². The number of carbonyl (C=O) groups is 1. The number of benzene rings is 2. The van der Waals surface area contributed by atoms with Crippen LogP contribution in [-0.4, -0.2) is 82.4 Å². The molecule has 0 aromatic heterocycles. The molecule has 5 rings (SSSR count). The smallest absolute Gasteiger partial charge is 0.407 e. The Morgan fingerprint density at radius 2 is 1.85 bits per heavy atom. The maximum Gasteiger partial charge on any atom is 0.407 e. The number of alkyl carbamates (subject to hydrolysis) is 1. The standard InChI is InChI=1S/C33H44FN5O2/c1-36-32(40)41-31-9-5-8-30(31)33(23-37(2)3,27-6-4-7-28(34)18-27)26-14-16-38(17-15-26)20-25-21-39(22-25)29-12-10-24(19-35)11-13-29/h4,6-7,10-13,18,25-26,30-31H,5,8-9,14-17,20-23H2,1-3H3,(H,36,40)/t30-,31-,33?/m0/s1. The lowest BCUT2D eigenvalue weighted by atomic mass is 9.58. The summed E-state index contributed by atoms with van der Waals surface area (Å²) in [7, 11) is 5.80. The van der Waals surface area contributed by atoms with Gasteiger partial charge in [-0.05, 0) is 107 Å². The van der Waals surface area contributed by atoms with E-state index < -0.39 is 0 Å². The van der Waals surface area contributed by atoms with Crippen molar-refractivity contribution in [2.75, 3.05) is 65.3 Å². The molecule has 1 saturated carbocycles. The van der Waals surface area contributed by atoms with Gasteiger partial charge in [-0.15, -0.1) is 0 Å². The molecule has 8 heteroatoms. The van der Waals surface area contributed by atoms with Crippen LogP contribution in [0.25, 0.3) is 0 Å². The van der Waals surface area contributed by atoms with Crippen molar-refractivity contribution >= 4 is 11.8 Å². The zero-order valence-electron chi connectivity index (χ0n) is 24.7. The molecule has 0 radical (unpaired) electrons. The van der Waals surface area contributed by atoms with Crippen LogP contribution in [0.5, 0.6) is 0 Å². The van der Waals surface area contributed by atoms with E-state index in [4.69, 9.17) is 10.00 Å². The highest BCUT2D eigenvalue weighted by Gasteiger charge is 2.53. The van der Waals surface area contributed by atoms with Gasteiger partial charge in [0.1, 0.15) is 11.9 Å². The maximum atomic E-state index is 14.8. The van der Waals surface area contributed by atoms with Crippen molar-refractivity contribution in [3.8, 4) is 6.07 Å². The second-order valence-electron chi connectivity index (χ2n) is 12.5. The lowest BCUT2D eigenvalue weighted by Crippen LogP contribution is -2.56. The molecule has 3 atom stereocenters. The number of rotatable bonds is 9. The first kappa shape index (κ1) is 29.3. The van der Waals surface area contributed by atoms with Gasteiger partial charge in [0.05, 0.1) is 11.6 Å². The predicted octanol–water partition coefficient (Wildman–Crippen LogP) is 4.87. The fourth-order valence-electron chi connectivity index (χ4n) is 7.88. The second-order valence-corrected chi connectivity index (χ2v) is 12.5. The Morgan fingerprint density at radius 3 is 2.49 bits per heavy atom. The largest absolute Gasteiger partial charge is 0.446 e. The molecule has 7 nitrogen and oxygen atoms in total. The van der Waals surface area contributed by atoms with Gasteiger partial charge in [-0.3, -0.25) is 0 Å². The fourth-order valence-corrected chi connectivity index (χ4v) is 7.88. The summed E-state index contributed by atoms with van der Waals surface area (Å²) >= 11 is 0. The molecule has 1 unspecified atom stereocenters. The molecule has 2 saturated heterocycles. The summed E-state index contributed by atoms with van der Waals surface area (Å²) in [4.78, 5) is 19.6. The van der Waals surface area contributed by atoms with E-state index in [0.717, 1.165) is 76.9 Å². The van der Waals surface area contributed by atoms with E-state index in [-0.39, 0.29) is 29.3 Å². The molecule has 3 fully saturated rings. The third-order valence-corrected chi connectivity index (χ3v) is 9.67. The molecule has 2 aromatic carbocycles. The van der Waals surface area contributed by atoms with Crippen LogP contribution in [-0.2, 0) is 10.2 Å². The lowest BCUT2D eigenvalue weighted by Gasteiger charge is -2.52. The zero-order valence-corrected chi connectivity index (χ0v) is 24.7. The number of nitrogens with one attached hydrogen (secondary N) is 1. The summed E-state index contributed by atoms with van der Waals surface area (Å²) in [5.74, 6) is 0.922. The van der Waals surface area contributed by atoms with E-state index in [9.17, 15) is 9.18 Å². The SMILES string of the molecule is CNC(=O)O[C@H]1CCC[C@@H]1C(CN(C)C)(c1cccc(F)c1)C1CCN(CC2CN(c3ccc(C#N)cc3)C2)CC1. The Bertz CT molecular complexity index is 1220. The Balaban J connectivity index is 1.30. The molecule has 1 aliphatic carbocycles. The molecule has 0 spiro atoms. The molecule has 0 bridgehead atoms. The average molecular weight is 562 g/mol. The second kappa shape index (κ2) is 12.8. The van der Waals surface area contributed by atoms with E-state index >= 15 is 0 Å². The summed E-state index contributed by atoms with van der Waals surface area (Å²) in [5.41, 5.74) is 2.61. The van der Waals surface area contributed by atoms with Gasteiger partial charge < -0.3 is 24.8 Å². The molecule has 1 N–H and O–H groups in total. The fraction of sp³-hybridized carbons (Fsp3) is 0.576. The van der Waals surface area contributed by atoms with Crippen LogP contribution in [0.15, 0.2) is 48.5 Å². The number of carbonyl (C=O) groups excluding carboxylic acids is 1. The summed E-state index contributed by atoms with van der Waals surface area (Å²) in [6.07, 6.45) is 4.34. The Morgan fingerprint density at radius 1 is 1.12 bits per heavy atom. The van der Waals surface area contributed by atoms with Crippen molar-refractivity contribution in [3.63, 3.8) is 0 Å². The van der Waals surface area contributed by atoms with Crippen molar-refractivity contribution in [3.05, 3.63) is 65.5 Å². The molecule has 41 heavy (non-hydrogen) atoms. The van der Waals surface area contributed by atoms with Gasteiger partial charge in [0.15, 0.2) is 0 Å². The molecule has 2 aromatic rings. The number of ether oxygens (including phenoxy) is 1. The topological polar surface area (TPSA) is 71.8 Å². The number of hydrogen-bond donors (Lipinski definition) is 1. The molecular weight excluding hydrogens is 517 g/mol. The number of likely N-dealkylation sites (tertiary alicyclic amines) is 1. The zero-order chi connectivity index (χ0) is 29.0. The van der Waals surface area contributed by atoms with Gasteiger partial charge in [0.2, 0.25) is 0 Å². The van der Waals surface area contributed by atoms with Crippen molar-refractivity contribution < 1.29 is 13.9 Å². The number of anilines is 1. The van der Waals surface area contributed by atoms with Crippen LogP contribution in [0, 0.1) is 34.9 Å². The van der Waals surface area contributed by atoms with Crippen LogP contribution >= 0.6 is 0 Å². The maximum absolute atomic E-state index is 14.8. The van der Waals surface area contributed by atoms with Crippen LogP contribution in [0.2, 0.25) is 0 Å². The molecule has 2 aliphatic heterocycles. The first-order chi connectivity index (χ1) is 19.8. The van der Waals surface area contributed by atoms with Crippen molar-refractivity contribution in [2.45, 2.75) is 43.6 Å². The minimum absolute atomic E-state index is 0.133. The number of amides is 1. The van der Waals surface area contributed by atoms with Gasteiger partial charge >= 0.3 is 6.09 Å². The average Bonchev–Trinajstić information content (AvgIpc) is 3.42. The van der Waals surface area contributed by atoms with Crippen LogP contribution in [0.3, 0.4) is 0 Å². The molecular formula is C33H44FN5O2. The predicted molar refractivity (Wildman–Crippen MR) is 159 cm³/mol. The Hall–Kier alpha value is -3.15. The van der Waals surface area contributed by atoms with E-state index in [2.05, 4.69) is 46.2 Å². The van der Waals surface area contributed by atoms with Gasteiger partial charge in [-0.25, -0.2) is 9.18 Å². The number of piperidine rings is 1. The molecule has 3 aliphatic rings. The highest BCUT2D eigenvalue weighted by molar-refractivity contribution is 5.67. The number of likely N-dealkylation sites (N-methyl/N-ethyl adjacent to an activating group) is 1. The van der Waals surface area contributed by atoms with Gasteiger partial charge in [0, 0.05) is 56.2 Å². The molecule has 220 valence electrons.